The summed E-state index contributed by atoms with van der Waals surface area (Å²) in [7, 11) is 1.70. The average Bonchev–Trinajstić information content (AvgIpc) is 2.47. The highest BCUT2D eigenvalue weighted by Crippen LogP contribution is 2.09. The SMILES string of the molecule is C#CCOCC(O)CN(CCCOC)Cc1cccc(C)c1. The predicted octanol–water partition coefficient (Wildman–Crippen LogP) is 1.84. The average molecular weight is 305 g/mol. The third-order valence-corrected chi connectivity index (χ3v) is 3.28. The van der Waals surface area contributed by atoms with Gasteiger partial charge in [0, 0.05) is 33.4 Å². The predicted molar refractivity (Wildman–Crippen MR) is 88.6 cm³/mol. The van der Waals surface area contributed by atoms with E-state index in [1.54, 1.807) is 7.11 Å². The molecule has 1 atom stereocenters. The summed E-state index contributed by atoms with van der Waals surface area (Å²) in [6.07, 6.45) is 5.52. The van der Waals surface area contributed by atoms with Crippen molar-refractivity contribution >= 4 is 0 Å². The van der Waals surface area contributed by atoms with Gasteiger partial charge in [0.05, 0.1) is 12.7 Å². The van der Waals surface area contributed by atoms with E-state index in [1.807, 2.05) is 0 Å². The van der Waals surface area contributed by atoms with E-state index < -0.39 is 6.10 Å². The Bertz CT molecular complexity index is 456. The number of aliphatic hydroxyl groups is 1. The molecule has 0 radical (unpaired) electrons. The lowest BCUT2D eigenvalue weighted by Gasteiger charge is -2.25. The molecule has 0 amide bonds. The molecule has 0 aromatic heterocycles. The van der Waals surface area contributed by atoms with Gasteiger partial charge in [0.1, 0.15) is 6.61 Å². The molecule has 122 valence electrons. The van der Waals surface area contributed by atoms with E-state index in [0.717, 1.165) is 19.5 Å². The van der Waals surface area contributed by atoms with E-state index in [2.05, 4.69) is 42.0 Å². The third-order valence-electron chi connectivity index (χ3n) is 3.28. The van der Waals surface area contributed by atoms with Gasteiger partial charge in [-0.15, -0.1) is 6.42 Å². The maximum atomic E-state index is 10.1. The summed E-state index contributed by atoms with van der Waals surface area (Å²) in [6.45, 7) is 5.53. The Balaban J connectivity index is 2.53. The largest absolute Gasteiger partial charge is 0.389 e. The van der Waals surface area contributed by atoms with Crippen LogP contribution in [-0.2, 0) is 16.0 Å². The number of terminal acetylenes is 1. The van der Waals surface area contributed by atoms with Gasteiger partial charge >= 0.3 is 0 Å². The first-order chi connectivity index (χ1) is 10.7. The minimum absolute atomic E-state index is 0.235. The molecule has 0 aliphatic carbocycles. The Hall–Kier alpha value is -1.38. The maximum Gasteiger partial charge on any atom is 0.107 e. The van der Waals surface area contributed by atoms with Gasteiger partial charge in [-0.25, -0.2) is 0 Å². The van der Waals surface area contributed by atoms with Crippen LogP contribution in [0, 0.1) is 19.3 Å². The van der Waals surface area contributed by atoms with E-state index >= 15 is 0 Å². The molecule has 0 saturated heterocycles. The molecule has 0 saturated carbocycles. The van der Waals surface area contributed by atoms with Crippen molar-refractivity contribution in [2.45, 2.75) is 26.0 Å². The summed E-state index contributed by atoms with van der Waals surface area (Å²) in [5, 5.41) is 10.1. The van der Waals surface area contributed by atoms with Crippen LogP contribution in [0.25, 0.3) is 0 Å². The number of hydrogen-bond acceptors (Lipinski definition) is 4. The van der Waals surface area contributed by atoms with Crippen LogP contribution < -0.4 is 0 Å². The summed E-state index contributed by atoms with van der Waals surface area (Å²) in [5.74, 6) is 2.40. The van der Waals surface area contributed by atoms with Gasteiger partial charge in [-0.2, -0.15) is 0 Å². The smallest absolute Gasteiger partial charge is 0.107 e. The Morgan fingerprint density at radius 1 is 1.41 bits per heavy atom. The number of nitrogens with zero attached hydrogens (tertiary/aromatic N) is 1. The van der Waals surface area contributed by atoms with Crippen LogP contribution in [0.3, 0.4) is 0 Å². The van der Waals surface area contributed by atoms with Crippen molar-refractivity contribution < 1.29 is 14.6 Å². The molecule has 1 N–H and O–H groups in total. The number of aliphatic hydroxyl groups excluding tert-OH is 1. The highest BCUT2D eigenvalue weighted by molar-refractivity contribution is 5.22. The van der Waals surface area contributed by atoms with Crippen molar-refractivity contribution in [1.82, 2.24) is 4.90 Å². The van der Waals surface area contributed by atoms with Gasteiger partial charge < -0.3 is 14.6 Å². The lowest BCUT2D eigenvalue weighted by Crippen LogP contribution is -2.35. The molecule has 0 fully saturated rings. The first kappa shape index (κ1) is 18.7. The normalized spacial score (nSPS) is 12.3. The Morgan fingerprint density at radius 2 is 2.23 bits per heavy atom. The molecule has 1 unspecified atom stereocenters. The van der Waals surface area contributed by atoms with Gasteiger partial charge in [-0.3, -0.25) is 4.90 Å². The van der Waals surface area contributed by atoms with Crippen LogP contribution in [-0.4, -0.2) is 56.1 Å². The second kappa shape index (κ2) is 11.2. The van der Waals surface area contributed by atoms with E-state index in [-0.39, 0.29) is 13.2 Å². The molecular formula is C18H27NO3. The van der Waals surface area contributed by atoms with Gasteiger partial charge in [-0.1, -0.05) is 35.7 Å². The number of aryl methyl sites for hydroxylation is 1. The zero-order valence-electron chi connectivity index (χ0n) is 13.6. The van der Waals surface area contributed by atoms with Crippen LogP contribution >= 0.6 is 0 Å². The first-order valence-corrected chi connectivity index (χ1v) is 7.61. The summed E-state index contributed by atoms with van der Waals surface area (Å²) in [4.78, 5) is 2.22. The van der Waals surface area contributed by atoms with E-state index in [9.17, 15) is 5.11 Å². The number of benzene rings is 1. The number of ether oxygens (including phenoxy) is 2. The monoisotopic (exact) mass is 305 g/mol. The molecule has 0 aliphatic heterocycles. The van der Waals surface area contributed by atoms with Gasteiger partial charge in [0.25, 0.3) is 0 Å². The Labute approximate surface area is 134 Å². The minimum atomic E-state index is -0.541. The van der Waals surface area contributed by atoms with Crippen molar-refractivity contribution in [3.8, 4) is 12.3 Å². The van der Waals surface area contributed by atoms with Gasteiger partial charge in [-0.05, 0) is 18.9 Å². The Kier molecular flexibility index (Phi) is 9.52. The van der Waals surface area contributed by atoms with E-state index in [0.29, 0.717) is 13.2 Å². The maximum absolute atomic E-state index is 10.1. The Morgan fingerprint density at radius 3 is 2.91 bits per heavy atom. The lowest BCUT2D eigenvalue weighted by molar-refractivity contribution is 0.0244. The second-order valence-corrected chi connectivity index (χ2v) is 5.44. The van der Waals surface area contributed by atoms with Crippen LogP contribution in [0.2, 0.25) is 0 Å². The first-order valence-electron chi connectivity index (χ1n) is 7.61. The van der Waals surface area contributed by atoms with Gasteiger partial charge in [0.15, 0.2) is 0 Å². The fourth-order valence-electron chi connectivity index (χ4n) is 2.34. The fraction of sp³-hybridized carbons (Fsp3) is 0.556. The molecule has 4 nitrogen and oxygen atoms in total. The van der Waals surface area contributed by atoms with Crippen molar-refractivity contribution in [1.29, 1.82) is 0 Å². The number of rotatable bonds is 11. The molecular weight excluding hydrogens is 278 g/mol. The summed E-state index contributed by atoms with van der Waals surface area (Å²) < 4.78 is 10.3. The molecule has 1 aromatic carbocycles. The van der Waals surface area contributed by atoms with E-state index in [1.165, 1.54) is 11.1 Å². The van der Waals surface area contributed by atoms with Gasteiger partial charge in [0.2, 0.25) is 0 Å². The standard InChI is InChI=1S/C18H27NO3/c1-4-10-22-15-18(20)14-19(9-6-11-21-3)13-17-8-5-7-16(2)12-17/h1,5,7-8,12,18,20H,6,9-11,13-15H2,2-3H3. The van der Waals surface area contributed by atoms with Crippen LogP contribution in [0.15, 0.2) is 24.3 Å². The summed E-state index contributed by atoms with van der Waals surface area (Å²) >= 11 is 0. The molecule has 0 bridgehead atoms. The van der Waals surface area contributed by atoms with Crippen LogP contribution in [0.1, 0.15) is 17.5 Å². The highest BCUT2D eigenvalue weighted by atomic mass is 16.5. The molecule has 1 aromatic rings. The zero-order valence-corrected chi connectivity index (χ0v) is 13.6. The topological polar surface area (TPSA) is 41.9 Å². The molecule has 4 heteroatoms. The van der Waals surface area contributed by atoms with Crippen molar-refractivity contribution in [2.24, 2.45) is 0 Å². The highest BCUT2D eigenvalue weighted by Gasteiger charge is 2.12. The molecule has 0 heterocycles. The second-order valence-electron chi connectivity index (χ2n) is 5.44. The number of hydrogen-bond donors (Lipinski definition) is 1. The summed E-state index contributed by atoms with van der Waals surface area (Å²) in [5.41, 5.74) is 2.49. The molecule has 0 spiro atoms. The van der Waals surface area contributed by atoms with Crippen molar-refractivity contribution in [3.63, 3.8) is 0 Å². The molecule has 1 rings (SSSR count). The summed E-state index contributed by atoms with van der Waals surface area (Å²) in [6, 6.07) is 8.42. The lowest BCUT2D eigenvalue weighted by atomic mass is 10.1. The van der Waals surface area contributed by atoms with Crippen LogP contribution in [0.4, 0.5) is 0 Å². The number of methoxy groups -OCH3 is 1. The van der Waals surface area contributed by atoms with Crippen molar-refractivity contribution in [3.05, 3.63) is 35.4 Å². The third kappa shape index (κ3) is 8.16. The van der Waals surface area contributed by atoms with Crippen molar-refractivity contribution in [2.75, 3.05) is 40.0 Å². The van der Waals surface area contributed by atoms with E-state index in [4.69, 9.17) is 15.9 Å². The molecule has 0 aliphatic rings. The minimum Gasteiger partial charge on any atom is -0.389 e. The quantitative estimate of drug-likeness (QED) is 0.500. The fourth-order valence-corrected chi connectivity index (χ4v) is 2.34. The van der Waals surface area contributed by atoms with Crippen LogP contribution in [0.5, 0.6) is 0 Å². The zero-order chi connectivity index (χ0) is 16.2. The molecule has 22 heavy (non-hydrogen) atoms.